The van der Waals surface area contributed by atoms with Crippen LogP contribution in [-0.4, -0.2) is 68.5 Å². The Morgan fingerprint density at radius 2 is 0.697 bits per heavy atom. The van der Waals surface area contributed by atoms with Crippen LogP contribution in [0.2, 0.25) is 0 Å². The number of carbonyl (C=O) groups is 1. The number of phosphoric acid groups is 1. The maximum absolute atomic E-state index is 13.0. The van der Waals surface area contributed by atoms with Gasteiger partial charge in [-0.2, -0.15) is 0 Å². The second kappa shape index (κ2) is 68.2. The number of amides is 1. The smallest absolute Gasteiger partial charge is 0.268 e. The van der Waals surface area contributed by atoms with E-state index in [1.54, 1.807) is 6.08 Å². The lowest BCUT2D eigenvalue weighted by molar-refractivity contribution is -0.870. The molecule has 506 valence electrons. The number of allylic oxidation sites excluding steroid dienone is 27. The Labute approximate surface area is 549 Å². The van der Waals surface area contributed by atoms with E-state index < -0.39 is 26.6 Å². The summed E-state index contributed by atoms with van der Waals surface area (Å²) in [6.45, 7) is 4.48. The number of likely N-dealkylation sites (N-methyl/N-ethyl adjacent to an activating group) is 1. The van der Waals surface area contributed by atoms with Crippen LogP contribution >= 0.6 is 7.82 Å². The van der Waals surface area contributed by atoms with Gasteiger partial charge in [-0.1, -0.05) is 312 Å². The number of rotatable bonds is 64. The fourth-order valence-electron chi connectivity index (χ4n) is 9.60. The van der Waals surface area contributed by atoms with Gasteiger partial charge in [0.1, 0.15) is 13.2 Å². The van der Waals surface area contributed by atoms with Crippen LogP contribution in [0.3, 0.4) is 0 Å². The quantitative estimate of drug-likeness (QED) is 0.0272. The predicted octanol–water partition coefficient (Wildman–Crippen LogP) is 22.9. The predicted molar refractivity (Wildman–Crippen MR) is 389 cm³/mol. The van der Waals surface area contributed by atoms with Crippen molar-refractivity contribution >= 4 is 13.7 Å². The molecule has 0 bridgehead atoms. The van der Waals surface area contributed by atoms with Crippen molar-refractivity contribution in [1.29, 1.82) is 0 Å². The number of unbranched alkanes of at least 4 members (excludes halogenated alkanes) is 25. The molecule has 0 fully saturated rings. The number of hydrogen-bond acceptors (Lipinski definition) is 6. The molecule has 9 heteroatoms. The third-order valence-corrected chi connectivity index (χ3v) is 16.1. The zero-order chi connectivity index (χ0) is 64.8. The van der Waals surface area contributed by atoms with E-state index in [9.17, 15) is 19.4 Å². The number of nitrogens with one attached hydrogen (secondary N) is 1. The van der Waals surface area contributed by atoms with Crippen LogP contribution in [0, 0.1) is 0 Å². The number of phosphoric ester groups is 1. The summed E-state index contributed by atoms with van der Waals surface area (Å²) in [5.74, 6) is -0.248. The Morgan fingerprint density at radius 1 is 0.404 bits per heavy atom. The fourth-order valence-corrected chi connectivity index (χ4v) is 10.3. The standard InChI is InChI=1S/C80H135N2O6P/c1-6-8-10-12-14-16-18-20-22-24-26-28-30-32-34-36-38-39-40-41-42-43-44-46-48-50-52-54-56-58-60-62-64-66-68-70-72-74-80(84)81-78(77-88-89(85,86)87-76-75-82(3,4)5)79(83)73-71-69-67-65-63-61-59-57-55-53-51-49-47-45-37-35-33-31-29-27-25-23-21-19-17-15-13-11-9-7-2/h8,10,14,16,20,22,26,28,32,34,38-39,41-42,44,46,50,52,55-58,62-65,71,73,78-79,83H,6-7,9,11-13,15,17-19,21,23-25,27,29-31,33,35-37,40,43,45,47-49,51,53-54,59-61,66-70,72,74-77H2,1-5H3,(H-,81,84,85,86)/b10-8-,16-14-,22-20-,28-26-,34-32-,39-38-,42-41-,46-44-,52-50-,57-55+,58-56-,64-62-,65-63+,73-71+. The number of hydrogen-bond donors (Lipinski definition) is 2. The Balaban J connectivity index is 4.27. The Morgan fingerprint density at radius 3 is 1.04 bits per heavy atom. The Kier molecular flexibility index (Phi) is 65.1. The number of nitrogens with zero attached hydrogens (tertiary/aromatic N) is 1. The summed E-state index contributed by atoms with van der Waals surface area (Å²) in [5.41, 5.74) is 0. The highest BCUT2D eigenvalue weighted by molar-refractivity contribution is 7.45. The van der Waals surface area contributed by atoms with Gasteiger partial charge in [0.25, 0.3) is 7.82 Å². The fraction of sp³-hybridized carbons (Fsp3) is 0.637. The topological polar surface area (TPSA) is 108 Å². The van der Waals surface area contributed by atoms with Crippen LogP contribution in [0.4, 0.5) is 0 Å². The SMILES string of the molecule is CC/C=C\C/C=C\C/C=C\C/C=C\C/C=C\C/C=C\C/C=C\C/C=C\C/C=C\C/C=C\C/C=C\CCCCCC(=O)NC(COP(=O)([O-])OCC[N+](C)(C)C)C(O)/C=C/CC/C=C/CC/C=C/CCCCCCCCCCCCCCCCCCCCCC. The Hall–Kier alpha value is -4.14. The van der Waals surface area contributed by atoms with Crippen LogP contribution in [0.25, 0.3) is 0 Å². The van der Waals surface area contributed by atoms with Gasteiger partial charge in [0.05, 0.1) is 39.9 Å². The van der Waals surface area contributed by atoms with Crippen molar-refractivity contribution in [3.05, 3.63) is 170 Å². The van der Waals surface area contributed by atoms with E-state index in [4.69, 9.17) is 9.05 Å². The molecule has 1 amide bonds. The highest BCUT2D eigenvalue weighted by Gasteiger charge is 2.23. The van der Waals surface area contributed by atoms with E-state index in [1.807, 2.05) is 27.2 Å². The second-order valence-electron chi connectivity index (χ2n) is 24.8. The van der Waals surface area contributed by atoms with Gasteiger partial charge in [-0.3, -0.25) is 9.36 Å². The molecule has 0 aromatic heterocycles. The van der Waals surface area contributed by atoms with Crippen molar-refractivity contribution in [3.8, 4) is 0 Å². The minimum absolute atomic E-state index is 0.0253. The van der Waals surface area contributed by atoms with Crippen LogP contribution < -0.4 is 10.2 Å². The Bertz CT molecular complexity index is 2060. The van der Waals surface area contributed by atoms with Gasteiger partial charge in [0.15, 0.2) is 0 Å². The number of aliphatic hydroxyl groups is 1. The summed E-state index contributed by atoms with van der Waals surface area (Å²) in [5, 5.41) is 13.9. The number of carbonyl (C=O) groups excluding carboxylic acids is 1. The molecule has 0 heterocycles. The van der Waals surface area contributed by atoms with Crippen LogP contribution in [-0.2, 0) is 18.4 Å². The summed E-state index contributed by atoms with van der Waals surface area (Å²) in [4.78, 5) is 25.6. The average molecular weight is 1250 g/mol. The molecule has 0 saturated heterocycles. The molecular formula is C80H135N2O6P. The molecule has 8 nitrogen and oxygen atoms in total. The van der Waals surface area contributed by atoms with Gasteiger partial charge in [-0.25, -0.2) is 0 Å². The molecular weight excluding hydrogens is 1120 g/mol. The zero-order valence-corrected chi connectivity index (χ0v) is 58.7. The van der Waals surface area contributed by atoms with Crippen molar-refractivity contribution in [2.45, 2.75) is 289 Å². The van der Waals surface area contributed by atoms with Gasteiger partial charge in [-0.15, -0.1) is 0 Å². The minimum Gasteiger partial charge on any atom is -0.756 e. The highest BCUT2D eigenvalue weighted by Crippen LogP contribution is 2.38. The summed E-state index contributed by atoms with van der Waals surface area (Å²) in [6.07, 6.45) is 108. The molecule has 2 N–H and O–H groups in total. The largest absolute Gasteiger partial charge is 0.756 e. The first-order chi connectivity index (χ1) is 43.5. The van der Waals surface area contributed by atoms with Crippen LogP contribution in [0.5, 0.6) is 0 Å². The van der Waals surface area contributed by atoms with Gasteiger partial charge in [0.2, 0.25) is 5.91 Å². The summed E-state index contributed by atoms with van der Waals surface area (Å²) >= 11 is 0. The first-order valence-electron chi connectivity index (χ1n) is 36.0. The normalized spacial score (nSPS) is 14.6. The van der Waals surface area contributed by atoms with Gasteiger partial charge >= 0.3 is 0 Å². The molecule has 0 radical (unpaired) electrons. The monoisotopic (exact) mass is 1250 g/mol. The molecule has 0 rings (SSSR count). The molecule has 0 aliphatic carbocycles. The molecule has 0 aromatic carbocycles. The number of quaternary nitrogens is 1. The lowest BCUT2D eigenvalue weighted by Crippen LogP contribution is -2.45. The van der Waals surface area contributed by atoms with E-state index in [0.29, 0.717) is 23.9 Å². The molecule has 89 heavy (non-hydrogen) atoms. The first kappa shape index (κ1) is 84.9. The lowest BCUT2D eigenvalue weighted by Gasteiger charge is -2.29. The van der Waals surface area contributed by atoms with E-state index in [-0.39, 0.29) is 18.9 Å². The molecule has 0 saturated carbocycles. The van der Waals surface area contributed by atoms with E-state index in [0.717, 1.165) is 109 Å². The average Bonchev–Trinajstić information content (AvgIpc) is 3.57. The highest BCUT2D eigenvalue weighted by atomic mass is 31.2. The molecule has 3 atom stereocenters. The molecule has 0 aliphatic heterocycles. The summed E-state index contributed by atoms with van der Waals surface area (Å²) in [6, 6.07) is -0.944. The van der Waals surface area contributed by atoms with Crippen LogP contribution in [0.1, 0.15) is 277 Å². The van der Waals surface area contributed by atoms with Crippen molar-refractivity contribution in [2.75, 3.05) is 40.9 Å². The van der Waals surface area contributed by atoms with Crippen molar-refractivity contribution in [1.82, 2.24) is 5.32 Å². The van der Waals surface area contributed by atoms with Crippen molar-refractivity contribution in [2.24, 2.45) is 0 Å². The van der Waals surface area contributed by atoms with E-state index in [2.05, 4.69) is 177 Å². The third-order valence-electron chi connectivity index (χ3n) is 15.1. The lowest BCUT2D eigenvalue weighted by atomic mass is 10.0. The molecule has 0 spiro atoms. The van der Waals surface area contributed by atoms with Crippen molar-refractivity contribution < 1.29 is 32.9 Å². The third kappa shape index (κ3) is 71.2. The van der Waals surface area contributed by atoms with E-state index in [1.165, 1.54) is 135 Å². The summed E-state index contributed by atoms with van der Waals surface area (Å²) in [7, 11) is 1.19. The van der Waals surface area contributed by atoms with Crippen LogP contribution in [0.15, 0.2) is 170 Å². The minimum atomic E-state index is -4.64. The zero-order valence-electron chi connectivity index (χ0n) is 57.8. The van der Waals surface area contributed by atoms with Gasteiger partial charge in [0, 0.05) is 6.42 Å². The molecule has 0 aromatic rings. The van der Waals surface area contributed by atoms with Crippen molar-refractivity contribution in [3.63, 3.8) is 0 Å². The number of aliphatic hydroxyl groups excluding tert-OH is 1. The second-order valence-corrected chi connectivity index (χ2v) is 26.2. The molecule has 0 aliphatic rings. The maximum Gasteiger partial charge on any atom is 0.268 e. The van der Waals surface area contributed by atoms with Gasteiger partial charge in [-0.05, 0) is 128 Å². The molecule has 3 unspecified atom stereocenters. The summed E-state index contributed by atoms with van der Waals surface area (Å²) < 4.78 is 23.4. The maximum atomic E-state index is 13.0. The first-order valence-corrected chi connectivity index (χ1v) is 37.5. The van der Waals surface area contributed by atoms with Gasteiger partial charge < -0.3 is 28.8 Å². The van der Waals surface area contributed by atoms with E-state index >= 15 is 0 Å².